The first-order valence-electron chi connectivity index (χ1n) is 6.88. The summed E-state index contributed by atoms with van der Waals surface area (Å²) in [4.78, 5) is 2.27. The Morgan fingerprint density at radius 3 is 2.56 bits per heavy atom. The molecule has 0 aromatic heterocycles. The normalized spacial score (nSPS) is 30.3. The lowest BCUT2D eigenvalue weighted by Crippen LogP contribution is -2.50. The summed E-state index contributed by atoms with van der Waals surface area (Å²) in [5.74, 6) is -0.00248. The van der Waals surface area contributed by atoms with Gasteiger partial charge in [-0.05, 0) is 30.7 Å². The minimum absolute atomic E-state index is 0.270. The van der Waals surface area contributed by atoms with Crippen LogP contribution in [0, 0.1) is 17.3 Å². The number of hydrogen-bond acceptors (Lipinski definition) is 2. The van der Waals surface area contributed by atoms with E-state index in [-0.39, 0.29) is 5.41 Å². The van der Waals surface area contributed by atoms with E-state index in [1.165, 1.54) is 0 Å². The lowest BCUT2D eigenvalue weighted by Gasteiger charge is -2.47. The first-order chi connectivity index (χ1) is 8.39. The monoisotopic (exact) mass is 263 g/mol. The third kappa shape index (κ3) is 4.16. The molecule has 1 fully saturated rings. The molecule has 0 spiro atoms. The van der Waals surface area contributed by atoms with E-state index in [1.54, 1.807) is 7.11 Å². The number of hydrogen-bond donors (Lipinski definition) is 0. The average Bonchev–Trinajstić information content (AvgIpc) is 2.24. The summed E-state index contributed by atoms with van der Waals surface area (Å²) < 4.78 is 31.5. The van der Waals surface area contributed by atoms with Gasteiger partial charge in [0.15, 0.2) is 0 Å². The molecule has 0 amide bonds. The molecule has 4 heteroatoms. The number of halogens is 2. The van der Waals surface area contributed by atoms with Crippen LogP contribution < -0.4 is 0 Å². The van der Waals surface area contributed by atoms with Gasteiger partial charge in [-0.25, -0.2) is 8.78 Å². The lowest BCUT2D eigenvalue weighted by molar-refractivity contribution is -0.0652. The molecule has 0 aromatic rings. The molecular formula is C14H27F2NO. The van der Waals surface area contributed by atoms with Gasteiger partial charge in [-0.2, -0.15) is 0 Å². The Morgan fingerprint density at radius 1 is 1.39 bits per heavy atom. The van der Waals surface area contributed by atoms with Gasteiger partial charge in [0.25, 0.3) is 0 Å². The molecule has 18 heavy (non-hydrogen) atoms. The van der Waals surface area contributed by atoms with Crippen LogP contribution in [-0.4, -0.2) is 44.7 Å². The van der Waals surface area contributed by atoms with Crippen LogP contribution in [0.4, 0.5) is 8.78 Å². The first kappa shape index (κ1) is 15.8. The number of alkyl halides is 2. The second kappa shape index (κ2) is 6.80. The van der Waals surface area contributed by atoms with Gasteiger partial charge in [-0.3, -0.25) is 0 Å². The number of ether oxygens (including phenoxy) is 1. The summed E-state index contributed by atoms with van der Waals surface area (Å²) in [6.45, 7) is 9.32. The Morgan fingerprint density at radius 2 is 2.06 bits per heavy atom. The van der Waals surface area contributed by atoms with Gasteiger partial charge in [0.1, 0.15) is 0 Å². The van der Waals surface area contributed by atoms with Gasteiger partial charge < -0.3 is 9.64 Å². The number of methoxy groups -OCH3 is 1. The predicted octanol–water partition coefficient (Wildman–Crippen LogP) is 3.27. The van der Waals surface area contributed by atoms with Crippen molar-refractivity contribution >= 4 is 0 Å². The smallest absolute Gasteiger partial charge is 0.242 e. The molecule has 2 nitrogen and oxygen atoms in total. The number of rotatable bonds is 6. The van der Waals surface area contributed by atoms with Gasteiger partial charge in [0.05, 0.1) is 6.61 Å². The molecule has 1 heterocycles. The Kier molecular flexibility index (Phi) is 5.99. The van der Waals surface area contributed by atoms with Gasteiger partial charge >= 0.3 is 0 Å². The Labute approximate surface area is 110 Å². The zero-order chi connectivity index (χ0) is 13.8. The standard InChI is InChI=1S/C14H27F2NO/c1-11(2)9-14(3)10-17(7-8-18-4)6-5-12(14)13(15)16/h11-13H,5-10H2,1-4H3/t12-,14-/m1/s1. The van der Waals surface area contributed by atoms with Crippen molar-refractivity contribution in [1.29, 1.82) is 0 Å². The van der Waals surface area contributed by atoms with Gasteiger partial charge in [0.2, 0.25) is 6.43 Å². The van der Waals surface area contributed by atoms with Crippen LogP contribution in [0.2, 0.25) is 0 Å². The van der Waals surface area contributed by atoms with Gasteiger partial charge in [0, 0.05) is 26.1 Å². The topological polar surface area (TPSA) is 12.5 Å². The van der Waals surface area contributed by atoms with Crippen molar-refractivity contribution in [3.8, 4) is 0 Å². The Balaban J connectivity index is 2.69. The van der Waals surface area contributed by atoms with Crippen LogP contribution >= 0.6 is 0 Å². The molecule has 0 unspecified atom stereocenters. The maximum absolute atomic E-state index is 13.2. The van der Waals surface area contributed by atoms with E-state index in [4.69, 9.17) is 4.74 Å². The van der Waals surface area contributed by atoms with Crippen molar-refractivity contribution in [3.63, 3.8) is 0 Å². The molecule has 108 valence electrons. The third-order valence-corrected chi connectivity index (χ3v) is 4.03. The quantitative estimate of drug-likeness (QED) is 0.729. The first-order valence-corrected chi connectivity index (χ1v) is 6.88. The fraction of sp³-hybridized carbons (Fsp3) is 1.00. The minimum atomic E-state index is -2.20. The zero-order valence-corrected chi connectivity index (χ0v) is 12.1. The molecule has 1 aliphatic rings. The van der Waals surface area contributed by atoms with Crippen molar-refractivity contribution in [2.24, 2.45) is 17.3 Å². The van der Waals surface area contributed by atoms with E-state index in [2.05, 4.69) is 18.7 Å². The molecule has 2 atom stereocenters. The van der Waals surface area contributed by atoms with Crippen LogP contribution in [0.3, 0.4) is 0 Å². The van der Waals surface area contributed by atoms with Gasteiger partial charge in [-0.1, -0.05) is 20.8 Å². The summed E-state index contributed by atoms with van der Waals surface area (Å²) in [5, 5.41) is 0. The van der Waals surface area contributed by atoms with E-state index in [0.29, 0.717) is 18.9 Å². The number of nitrogens with zero attached hydrogens (tertiary/aromatic N) is 1. The van der Waals surface area contributed by atoms with Crippen molar-refractivity contribution < 1.29 is 13.5 Å². The molecule has 1 saturated heterocycles. The molecule has 0 bridgehead atoms. The van der Waals surface area contributed by atoms with Crippen molar-refractivity contribution in [2.75, 3.05) is 33.4 Å². The fourth-order valence-corrected chi connectivity index (χ4v) is 3.37. The SMILES string of the molecule is COCCN1CC[C@H](C(F)F)[C@](C)(CC(C)C)C1. The molecule has 1 rings (SSSR count). The molecule has 0 saturated carbocycles. The highest BCUT2D eigenvalue weighted by Crippen LogP contribution is 2.43. The van der Waals surface area contributed by atoms with Crippen LogP contribution in [0.5, 0.6) is 0 Å². The Hall–Kier alpha value is -0.220. The van der Waals surface area contributed by atoms with Crippen LogP contribution in [0.25, 0.3) is 0 Å². The highest BCUT2D eigenvalue weighted by molar-refractivity contribution is 4.92. The third-order valence-electron chi connectivity index (χ3n) is 4.03. The van der Waals surface area contributed by atoms with E-state index in [1.807, 2.05) is 6.92 Å². The summed E-state index contributed by atoms with van der Waals surface area (Å²) in [6.07, 6.45) is -0.728. The van der Waals surface area contributed by atoms with E-state index in [0.717, 1.165) is 26.1 Å². The highest BCUT2D eigenvalue weighted by Gasteiger charge is 2.44. The van der Waals surface area contributed by atoms with E-state index >= 15 is 0 Å². The molecular weight excluding hydrogens is 236 g/mol. The van der Waals surface area contributed by atoms with Gasteiger partial charge in [-0.15, -0.1) is 0 Å². The summed E-state index contributed by atoms with van der Waals surface area (Å²) >= 11 is 0. The average molecular weight is 263 g/mol. The number of likely N-dealkylation sites (tertiary alicyclic amines) is 1. The maximum atomic E-state index is 13.2. The summed E-state index contributed by atoms with van der Waals surface area (Å²) in [5.41, 5.74) is -0.270. The molecule has 0 aromatic carbocycles. The van der Waals surface area contributed by atoms with Crippen LogP contribution in [0.15, 0.2) is 0 Å². The largest absolute Gasteiger partial charge is 0.383 e. The second-order valence-corrected chi connectivity index (χ2v) is 6.25. The zero-order valence-electron chi connectivity index (χ0n) is 12.1. The maximum Gasteiger partial charge on any atom is 0.242 e. The molecule has 0 aliphatic carbocycles. The van der Waals surface area contributed by atoms with Crippen LogP contribution in [0.1, 0.15) is 33.6 Å². The van der Waals surface area contributed by atoms with Crippen molar-refractivity contribution in [2.45, 2.75) is 40.0 Å². The fourth-order valence-electron chi connectivity index (χ4n) is 3.37. The van der Waals surface area contributed by atoms with E-state index in [9.17, 15) is 8.78 Å². The van der Waals surface area contributed by atoms with Crippen LogP contribution in [-0.2, 0) is 4.74 Å². The van der Waals surface area contributed by atoms with Crippen molar-refractivity contribution in [1.82, 2.24) is 4.90 Å². The Bertz CT molecular complexity index is 248. The lowest BCUT2D eigenvalue weighted by atomic mass is 9.68. The summed E-state index contributed by atoms with van der Waals surface area (Å²) in [6, 6.07) is 0. The number of piperidine rings is 1. The van der Waals surface area contributed by atoms with Crippen molar-refractivity contribution in [3.05, 3.63) is 0 Å². The minimum Gasteiger partial charge on any atom is -0.383 e. The highest BCUT2D eigenvalue weighted by atomic mass is 19.3. The second-order valence-electron chi connectivity index (χ2n) is 6.25. The van der Waals surface area contributed by atoms with E-state index < -0.39 is 12.3 Å². The summed E-state index contributed by atoms with van der Waals surface area (Å²) in [7, 11) is 1.68. The molecule has 0 radical (unpaired) electrons. The molecule has 0 N–H and O–H groups in total. The molecule has 1 aliphatic heterocycles. The predicted molar refractivity (Wildman–Crippen MR) is 70.0 cm³/mol.